The van der Waals surface area contributed by atoms with E-state index in [0.717, 1.165) is 5.69 Å². The van der Waals surface area contributed by atoms with Crippen molar-refractivity contribution in [2.75, 3.05) is 12.4 Å². The Kier molecular flexibility index (Phi) is 4.72. The minimum absolute atomic E-state index is 0.180. The molecule has 0 radical (unpaired) electrons. The monoisotopic (exact) mass is 332 g/mol. The van der Waals surface area contributed by atoms with Crippen LogP contribution in [0.1, 0.15) is 0 Å². The molecular formula is C15H13FN4O2S. The van der Waals surface area contributed by atoms with Gasteiger partial charge in [-0.1, -0.05) is 17.8 Å². The third-order valence-corrected chi connectivity index (χ3v) is 3.80. The number of halogens is 1. The van der Waals surface area contributed by atoms with E-state index in [9.17, 15) is 9.50 Å². The number of aromatic hydroxyl groups is 1. The van der Waals surface area contributed by atoms with Gasteiger partial charge in [0, 0.05) is 11.8 Å². The summed E-state index contributed by atoms with van der Waals surface area (Å²) in [6.07, 6.45) is 0. The number of hydrogen-bond acceptors (Lipinski definition) is 6. The predicted molar refractivity (Wildman–Crippen MR) is 83.4 cm³/mol. The Morgan fingerprint density at radius 1 is 1.17 bits per heavy atom. The second-order valence-corrected chi connectivity index (χ2v) is 5.61. The molecule has 0 aliphatic rings. The summed E-state index contributed by atoms with van der Waals surface area (Å²) in [6, 6.07) is 12.6. The maximum absolute atomic E-state index is 13.0. The number of nitrogens with zero attached hydrogens (tertiary/aromatic N) is 4. The molecule has 1 aromatic heterocycles. The van der Waals surface area contributed by atoms with Crippen LogP contribution in [0.5, 0.6) is 11.5 Å². The molecule has 118 valence electrons. The van der Waals surface area contributed by atoms with Crippen LogP contribution in [0.3, 0.4) is 0 Å². The lowest BCUT2D eigenvalue weighted by atomic mass is 10.3. The number of rotatable bonds is 6. The van der Waals surface area contributed by atoms with E-state index in [1.165, 1.54) is 23.9 Å². The van der Waals surface area contributed by atoms with Crippen molar-refractivity contribution in [2.45, 2.75) is 5.16 Å². The Hall–Kier alpha value is -2.61. The van der Waals surface area contributed by atoms with Crippen LogP contribution in [0.2, 0.25) is 0 Å². The minimum Gasteiger partial charge on any atom is -0.508 e. The van der Waals surface area contributed by atoms with Crippen molar-refractivity contribution in [1.29, 1.82) is 0 Å². The molecule has 0 fully saturated rings. The number of phenols is 1. The van der Waals surface area contributed by atoms with Crippen LogP contribution in [-0.2, 0) is 0 Å². The van der Waals surface area contributed by atoms with Crippen molar-refractivity contribution in [3.8, 4) is 17.2 Å². The van der Waals surface area contributed by atoms with Gasteiger partial charge >= 0.3 is 0 Å². The summed E-state index contributed by atoms with van der Waals surface area (Å²) < 4.78 is 20.1. The molecule has 2 aromatic carbocycles. The van der Waals surface area contributed by atoms with Gasteiger partial charge in [0.1, 0.15) is 17.3 Å². The first-order chi connectivity index (χ1) is 11.2. The molecule has 0 bridgehead atoms. The highest BCUT2D eigenvalue weighted by atomic mass is 32.2. The highest BCUT2D eigenvalue weighted by molar-refractivity contribution is 7.99. The second kappa shape index (κ2) is 7.10. The number of benzene rings is 2. The lowest BCUT2D eigenvalue weighted by molar-refractivity contribution is 0.342. The van der Waals surface area contributed by atoms with Crippen LogP contribution in [0.25, 0.3) is 5.69 Å². The van der Waals surface area contributed by atoms with E-state index >= 15 is 0 Å². The first-order valence-corrected chi connectivity index (χ1v) is 7.80. The summed E-state index contributed by atoms with van der Waals surface area (Å²) >= 11 is 1.42. The fourth-order valence-electron chi connectivity index (χ4n) is 1.87. The second-order valence-electron chi connectivity index (χ2n) is 4.54. The number of ether oxygens (including phenoxy) is 1. The van der Waals surface area contributed by atoms with E-state index in [2.05, 4.69) is 15.5 Å². The molecule has 1 N–H and O–H groups in total. The lowest BCUT2D eigenvalue weighted by Gasteiger charge is -2.06. The van der Waals surface area contributed by atoms with E-state index in [-0.39, 0.29) is 11.6 Å². The van der Waals surface area contributed by atoms with E-state index < -0.39 is 0 Å². The van der Waals surface area contributed by atoms with Gasteiger partial charge in [0.2, 0.25) is 5.16 Å². The van der Waals surface area contributed by atoms with Crippen molar-refractivity contribution in [2.24, 2.45) is 0 Å². The maximum atomic E-state index is 13.0. The highest BCUT2D eigenvalue weighted by Gasteiger charge is 2.09. The van der Waals surface area contributed by atoms with E-state index in [4.69, 9.17) is 4.74 Å². The van der Waals surface area contributed by atoms with Crippen molar-refractivity contribution >= 4 is 11.8 Å². The fourth-order valence-corrected chi connectivity index (χ4v) is 2.58. The van der Waals surface area contributed by atoms with Gasteiger partial charge in [0.25, 0.3) is 0 Å². The zero-order valence-electron chi connectivity index (χ0n) is 12.0. The van der Waals surface area contributed by atoms with E-state index in [1.54, 1.807) is 41.1 Å². The Bertz CT molecular complexity index is 779. The van der Waals surface area contributed by atoms with Gasteiger partial charge in [-0.2, -0.15) is 4.68 Å². The summed E-state index contributed by atoms with van der Waals surface area (Å²) in [5.41, 5.74) is 0.751. The average Bonchev–Trinajstić information content (AvgIpc) is 3.01. The Balaban J connectivity index is 1.57. The Morgan fingerprint density at radius 2 is 2.00 bits per heavy atom. The topological polar surface area (TPSA) is 73.1 Å². The highest BCUT2D eigenvalue weighted by Crippen LogP contribution is 2.20. The SMILES string of the molecule is Oc1ccc(-n2nnnc2SCCOc2cccc(F)c2)cc1. The van der Waals surface area contributed by atoms with Crippen LogP contribution in [-0.4, -0.2) is 37.7 Å². The van der Waals surface area contributed by atoms with Gasteiger partial charge in [0.05, 0.1) is 12.3 Å². The van der Waals surface area contributed by atoms with Crippen LogP contribution in [0, 0.1) is 5.82 Å². The zero-order valence-corrected chi connectivity index (χ0v) is 12.8. The predicted octanol–water partition coefficient (Wildman–Crippen LogP) is 2.68. The lowest BCUT2D eigenvalue weighted by Crippen LogP contribution is -2.03. The third-order valence-electron chi connectivity index (χ3n) is 2.91. The van der Waals surface area contributed by atoms with Crippen LogP contribution < -0.4 is 4.74 Å². The zero-order chi connectivity index (χ0) is 16.1. The van der Waals surface area contributed by atoms with Gasteiger partial charge in [-0.3, -0.25) is 0 Å². The molecule has 8 heteroatoms. The number of phenolic OH excluding ortho intramolecular Hbond substituents is 1. The first-order valence-electron chi connectivity index (χ1n) is 6.81. The van der Waals surface area contributed by atoms with Crippen molar-refractivity contribution in [3.05, 3.63) is 54.3 Å². The Morgan fingerprint density at radius 3 is 2.78 bits per heavy atom. The molecule has 0 saturated heterocycles. The quantitative estimate of drug-likeness (QED) is 0.553. The molecule has 0 atom stereocenters. The van der Waals surface area contributed by atoms with Crippen LogP contribution in [0.15, 0.2) is 53.7 Å². The molecular weight excluding hydrogens is 319 g/mol. The molecule has 0 saturated carbocycles. The summed E-state index contributed by atoms with van der Waals surface area (Å²) in [4.78, 5) is 0. The molecule has 0 spiro atoms. The summed E-state index contributed by atoms with van der Waals surface area (Å²) in [7, 11) is 0. The van der Waals surface area contributed by atoms with Crippen molar-refractivity contribution < 1.29 is 14.2 Å². The van der Waals surface area contributed by atoms with Crippen LogP contribution >= 0.6 is 11.8 Å². The summed E-state index contributed by atoms with van der Waals surface area (Å²) in [6.45, 7) is 0.399. The molecule has 0 unspecified atom stereocenters. The van der Waals surface area contributed by atoms with Gasteiger partial charge in [-0.15, -0.1) is 5.10 Å². The molecule has 3 rings (SSSR count). The molecule has 0 amide bonds. The molecule has 0 aliphatic heterocycles. The van der Waals surface area contributed by atoms with Gasteiger partial charge in [0.15, 0.2) is 0 Å². The third kappa shape index (κ3) is 3.98. The molecule has 1 heterocycles. The summed E-state index contributed by atoms with van der Waals surface area (Å²) in [5, 5.41) is 21.5. The first kappa shape index (κ1) is 15.3. The van der Waals surface area contributed by atoms with Crippen molar-refractivity contribution in [3.63, 3.8) is 0 Å². The van der Waals surface area contributed by atoms with E-state index in [0.29, 0.717) is 23.3 Å². The normalized spacial score (nSPS) is 10.7. The van der Waals surface area contributed by atoms with Gasteiger partial charge in [-0.05, 0) is 46.8 Å². The van der Waals surface area contributed by atoms with Gasteiger partial charge < -0.3 is 9.84 Å². The Labute approximate surface area is 135 Å². The number of thioether (sulfide) groups is 1. The van der Waals surface area contributed by atoms with Crippen LogP contribution in [0.4, 0.5) is 4.39 Å². The van der Waals surface area contributed by atoms with Crippen molar-refractivity contribution in [1.82, 2.24) is 20.2 Å². The fraction of sp³-hybridized carbons (Fsp3) is 0.133. The standard InChI is InChI=1S/C15H13FN4O2S/c16-11-2-1-3-14(10-11)22-8-9-23-15-17-18-19-20(15)12-4-6-13(21)7-5-12/h1-7,10,21H,8-9H2. The molecule has 23 heavy (non-hydrogen) atoms. The van der Waals surface area contributed by atoms with Gasteiger partial charge in [-0.25, -0.2) is 4.39 Å². The molecule has 6 nitrogen and oxygen atoms in total. The number of aromatic nitrogens is 4. The maximum Gasteiger partial charge on any atom is 0.214 e. The smallest absolute Gasteiger partial charge is 0.214 e. The largest absolute Gasteiger partial charge is 0.508 e. The van der Waals surface area contributed by atoms with E-state index in [1.807, 2.05) is 0 Å². The average molecular weight is 332 g/mol. The summed E-state index contributed by atoms with van der Waals surface area (Å²) in [5.74, 6) is 0.948. The number of tetrazole rings is 1. The molecule has 3 aromatic rings. The molecule has 0 aliphatic carbocycles. The minimum atomic E-state index is -0.327. The number of hydrogen-bond donors (Lipinski definition) is 1.